The lowest BCUT2D eigenvalue weighted by molar-refractivity contribution is -0.159. The first-order valence-corrected chi connectivity index (χ1v) is 5.54. The maximum atomic E-state index is 11.3. The number of rotatable bonds is 4. The number of nitrogens with zero attached hydrogens (tertiary/aromatic N) is 1. The van der Waals surface area contributed by atoms with Crippen LogP contribution < -0.4 is 5.76 Å². The normalized spacial score (nSPS) is 14.3. The zero-order chi connectivity index (χ0) is 14.0. The van der Waals surface area contributed by atoms with Crippen molar-refractivity contribution in [3.63, 3.8) is 0 Å². The number of pyridine rings is 1. The van der Waals surface area contributed by atoms with Crippen molar-refractivity contribution in [1.82, 2.24) is 9.97 Å². The molecular weight excluding hydrogens is 256 g/mol. The summed E-state index contributed by atoms with van der Waals surface area (Å²) in [4.78, 5) is 28.4. The zero-order valence-electron chi connectivity index (χ0n) is 9.99. The fourth-order valence-corrected chi connectivity index (χ4v) is 1.55. The number of aliphatic hydroxyl groups is 2. The summed E-state index contributed by atoms with van der Waals surface area (Å²) in [5, 5.41) is 19.4. The van der Waals surface area contributed by atoms with E-state index in [0.29, 0.717) is 0 Å². The van der Waals surface area contributed by atoms with Crippen molar-refractivity contribution < 1.29 is 24.2 Å². The van der Waals surface area contributed by atoms with Crippen LogP contribution in [0.15, 0.2) is 21.5 Å². The van der Waals surface area contributed by atoms with Crippen molar-refractivity contribution in [2.45, 2.75) is 19.1 Å². The van der Waals surface area contributed by atoms with Gasteiger partial charge in [0.05, 0.1) is 6.61 Å². The van der Waals surface area contributed by atoms with Crippen LogP contribution in [0.1, 0.15) is 18.6 Å². The molecule has 0 amide bonds. The second-order valence-electron chi connectivity index (χ2n) is 3.77. The number of nitrogens with one attached hydrogen (secondary N) is 1. The fraction of sp³-hybridized carbons (Fsp3) is 0.364. The summed E-state index contributed by atoms with van der Waals surface area (Å²) in [6, 6.07) is 1.31. The molecule has 2 atom stereocenters. The van der Waals surface area contributed by atoms with Gasteiger partial charge in [0.15, 0.2) is 17.3 Å². The molecule has 0 saturated heterocycles. The highest BCUT2D eigenvalue weighted by Gasteiger charge is 2.27. The highest BCUT2D eigenvalue weighted by atomic mass is 16.5. The Labute approximate surface area is 106 Å². The Morgan fingerprint density at radius 1 is 1.58 bits per heavy atom. The summed E-state index contributed by atoms with van der Waals surface area (Å²) < 4.78 is 9.35. The average Bonchev–Trinajstić information content (AvgIpc) is 2.76. The average molecular weight is 268 g/mol. The van der Waals surface area contributed by atoms with Crippen molar-refractivity contribution in [1.29, 1.82) is 0 Å². The maximum Gasteiger partial charge on any atom is 0.418 e. The molecule has 102 valence electrons. The molecule has 0 aliphatic rings. The Bertz CT molecular complexity index is 646. The molecule has 8 heteroatoms. The minimum Gasteiger partial charge on any atom is -0.464 e. The van der Waals surface area contributed by atoms with Gasteiger partial charge in [-0.2, -0.15) is 0 Å². The monoisotopic (exact) mass is 268 g/mol. The SMILES string of the molecule is CCOC(=O)C(O)C(O)c1cnc2[nH]c(=O)oc2c1. The van der Waals surface area contributed by atoms with Gasteiger partial charge >= 0.3 is 11.7 Å². The number of esters is 1. The number of ether oxygens (including phenoxy) is 1. The fourth-order valence-electron chi connectivity index (χ4n) is 1.55. The molecule has 0 aliphatic heterocycles. The van der Waals surface area contributed by atoms with E-state index in [1.165, 1.54) is 12.3 Å². The third-order valence-electron chi connectivity index (χ3n) is 2.47. The molecule has 2 aromatic rings. The zero-order valence-corrected chi connectivity index (χ0v) is 9.99. The van der Waals surface area contributed by atoms with Crippen LogP contribution >= 0.6 is 0 Å². The van der Waals surface area contributed by atoms with Crippen LogP contribution in [-0.4, -0.2) is 38.9 Å². The smallest absolute Gasteiger partial charge is 0.418 e. The number of hydrogen-bond donors (Lipinski definition) is 3. The lowest BCUT2D eigenvalue weighted by Gasteiger charge is -2.16. The summed E-state index contributed by atoms with van der Waals surface area (Å²) in [7, 11) is 0. The minimum absolute atomic E-state index is 0.0899. The van der Waals surface area contributed by atoms with Crippen LogP contribution in [0.4, 0.5) is 0 Å². The minimum atomic E-state index is -1.73. The van der Waals surface area contributed by atoms with Crippen LogP contribution in [0.5, 0.6) is 0 Å². The van der Waals surface area contributed by atoms with E-state index >= 15 is 0 Å². The highest BCUT2D eigenvalue weighted by molar-refractivity contribution is 5.76. The summed E-state index contributed by atoms with van der Waals surface area (Å²) >= 11 is 0. The topological polar surface area (TPSA) is 126 Å². The van der Waals surface area contributed by atoms with Gasteiger partial charge in [0.25, 0.3) is 0 Å². The molecule has 8 nitrogen and oxygen atoms in total. The van der Waals surface area contributed by atoms with E-state index in [4.69, 9.17) is 4.42 Å². The largest absolute Gasteiger partial charge is 0.464 e. The van der Waals surface area contributed by atoms with Crippen LogP contribution in [0, 0.1) is 0 Å². The van der Waals surface area contributed by atoms with Crippen LogP contribution in [0.25, 0.3) is 11.2 Å². The Kier molecular flexibility index (Phi) is 3.63. The third kappa shape index (κ3) is 2.64. The number of carbonyl (C=O) groups excluding carboxylic acids is 1. The van der Waals surface area contributed by atoms with E-state index in [1.807, 2.05) is 0 Å². The summed E-state index contributed by atoms with van der Waals surface area (Å²) in [6.07, 6.45) is -2.03. The number of carbonyl (C=O) groups is 1. The molecule has 19 heavy (non-hydrogen) atoms. The molecule has 0 fully saturated rings. The van der Waals surface area contributed by atoms with Gasteiger partial charge in [0, 0.05) is 11.8 Å². The number of hydrogen-bond acceptors (Lipinski definition) is 7. The Hall–Kier alpha value is -2.19. The molecular formula is C11H12N2O6. The predicted molar refractivity (Wildman–Crippen MR) is 62.2 cm³/mol. The van der Waals surface area contributed by atoms with E-state index in [9.17, 15) is 19.8 Å². The Balaban J connectivity index is 2.27. The van der Waals surface area contributed by atoms with Crippen LogP contribution in [0.2, 0.25) is 0 Å². The quantitative estimate of drug-likeness (QED) is 0.636. The van der Waals surface area contributed by atoms with Gasteiger partial charge in [-0.1, -0.05) is 0 Å². The molecule has 0 aliphatic carbocycles. The molecule has 0 saturated carbocycles. The summed E-state index contributed by atoms with van der Waals surface area (Å²) in [5.74, 6) is -1.62. The summed E-state index contributed by atoms with van der Waals surface area (Å²) in [6.45, 7) is 1.67. The van der Waals surface area contributed by atoms with Gasteiger partial charge in [-0.15, -0.1) is 0 Å². The molecule has 2 unspecified atom stereocenters. The second kappa shape index (κ2) is 5.21. The number of H-pyrrole nitrogens is 1. The van der Waals surface area contributed by atoms with E-state index in [-0.39, 0.29) is 23.4 Å². The first-order chi connectivity index (χ1) is 9.02. The lowest BCUT2D eigenvalue weighted by Crippen LogP contribution is -2.29. The number of fused-ring (bicyclic) bond motifs is 1. The van der Waals surface area contributed by atoms with Crippen molar-refractivity contribution in [2.75, 3.05) is 6.61 Å². The molecule has 0 spiro atoms. The van der Waals surface area contributed by atoms with Crippen molar-refractivity contribution >= 4 is 17.2 Å². The van der Waals surface area contributed by atoms with E-state index in [1.54, 1.807) is 6.92 Å². The second-order valence-corrected chi connectivity index (χ2v) is 3.77. The molecule has 0 bridgehead atoms. The number of oxazole rings is 1. The Morgan fingerprint density at radius 2 is 2.32 bits per heavy atom. The van der Waals surface area contributed by atoms with Crippen molar-refractivity contribution in [3.05, 3.63) is 28.4 Å². The molecule has 3 N–H and O–H groups in total. The van der Waals surface area contributed by atoms with Crippen molar-refractivity contribution in [3.8, 4) is 0 Å². The predicted octanol–water partition coefficient (Wildman–Crippen LogP) is -0.526. The third-order valence-corrected chi connectivity index (χ3v) is 2.47. The number of aromatic nitrogens is 2. The van der Waals surface area contributed by atoms with Crippen LogP contribution in [0.3, 0.4) is 0 Å². The molecule has 2 heterocycles. The van der Waals surface area contributed by atoms with E-state index < -0.39 is 23.9 Å². The van der Waals surface area contributed by atoms with Gasteiger partial charge in [-0.05, 0) is 13.0 Å². The Morgan fingerprint density at radius 3 is 3.00 bits per heavy atom. The van der Waals surface area contributed by atoms with E-state index in [2.05, 4.69) is 14.7 Å². The maximum absolute atomic E-state index is 11.3. The first-order valence-electron chi connectivity index (χ1n) is 5.54. The molecule has 0 aromatic carbocycles. The standard InChI is InChI=1S/C11H12N2O6/c1-2-18-10(16)8(15)7(14)5-3-6-9(12-4-5)13-11(17)19-6/h3-4,7-8,14-15H,2H2,1H3,(H,12,13,17). The number of aromatic amines is 1. The first kappa shape index (κ1) is 13.2. The lowest BCUT2D eigenvalue weighted by atomic mass is 10.1. The van der Waals surface area contributed by atoms with Gasteiger partial charge < -0.3 is 19.4 Å². The summed E-state index contributed by atoms with van der Waals surface area (Å²) in [5.41, 5.74) is 0.472. The highest BCUT2D eigenvalue weighted by Crippen LogP contribution is 2.20. The van der Waals surface area contributed by atoms with Crippen molar-refractivity contribution in [2.24, 2.45) is 0 Å². The van der Waals surface area contributed by atoms with Gasteiger partial charge in [-0.3, -0.25) is 4.98 Å². The van der Waals surface area contributed by atoms with Crippen LogP contribution in [-0.2, 0) is 9.53 Å². The molecule has 2 rings (SSSR count). The number of aliphatic hydroxyl groups excluding tert-OH is 2. The van der Waals surface area contributed by atoms with Gasteiger partial charge in [0.1, 0.15) is 6.10 Å². The molecule has 2 aromatic heterocycles. The van der Waals surface area contributed by atoms with Gasteiger partial charge in [0.2, 0.25) is 0 Å². The molecule has 0 radical (unpaired) electrons. The van der Waals surface area contributed by atoms with E-state index in [0.717, 1.165) is 0 Å². The van der Waals surface area contributed by atoms with Gasteiger partial charge in [-0.25, -0.2) is 14.6 Å².